The van der Waals surface area contributed by atoms with E-state index in [1.165, 1.54) is 10.6 Å². The second-order valence-corrected chi connectivity index (χ2v) is 8.45. The van der Waals surface area contributed by atoms with Crippen LogP contribution in [-0.4, -0.2) is 37.1 Å². The molecule has 0 fully saturated rings. The SMILES string of the molecule is Cc1nc2nc(C(=O)O)cn2c(-c2ccc(Cl)cc2Cl)c1CNC(=O)OC(C)(C)C. The van der Waals surface area contributed by atoms with Gasteiger partial charge in [-0.2, -0.15) is 0 Å². The number of imidazole rings is 1. The number of hydrogen-bond donors (Lipinski definition) is 2. The van der Waals surface area contributed by atoms with Gasteiger partial charge >= 0.3 is 12.1 Å². The van der Waals surface area contributed by atoms with Gasteiger partial charge < -0.3 is 15.2 Å². The second-order valence-electron chi connectivity index (χ2n) is 7.61. The molecule has 0 aliphatic rings. The van der Waals surface area contributed by atoms with Crippen LogP contribution in [0.3, 0.4) is 0 Å². The number of carbonyl (C=O) groups excluding carboxylic acids is 1. The van der Waals surface area contributed by atoms with Crippen LogP contribution in [0.5, 0.6) is 0 Å². The molecule has 0 spiro atoms. The topological polar surface area (TPSA) is 106 Å². The Kier molecular flexibility index (Phi) is 5.92. The summed E-state index contributed by atoms with van der Waals surface area (Å²) in [5, 5.41) is 12.9. The van der Waals surface area contributed by atoms with Gasteiger partial charge in [0, 0.05) is 28.0 Å². The maximum absolute atomic E-state index is 12.2. The molecule has 1 amide bonds. The van der Waals surface area contributed by atoms with Crippen molar-refractivity contribution in [3.63, 3.8) is 0 Å². The standard InChI is InChI=1S/C20H20Cl2N4O4/c1-10-13(8-23-19(29)30-20(2,3)4)16(12-6-5-11(21)7-14(12)22)26-9-15(17(27)28)25-18(26)24-10/h5-7,9H,8H2,1-4H3,(H,23,29)(H,27,28). The van der Waals surface area contributed by atoms with Crippen molar-refractivity contribution in [3.05, 3.63) is 51.4 Å². The van der Waals surface area contributed by atoms with E-state index in [4.69, 9.17) is 27.9 Å². The Bertz CT molecular complexity index is 1150. The molecule has 0 aliphatic carbocycles. The number of alkyl carbamates (subject to hydrolysis) is 1. The van der Waals surface area contributed by atoms with Crippen molar-refractivity contribution in [2.24, 2.45) is 0 Å². The summed E-state index contributed by atoms with van der Waals surface area (Å²) in [4.78, 5) is 32.0. The van der Waals surface area contributed by atoms with Crippen molar-refractivity contribution >= 4 is 41.0 Å². The maximum Gasteiger partial charge on any atom is 0.407 e. The van der Waals surface area contributed by atoms with Crippen LogP contribution in [0.4, 0.5) is 4.79 Å². The number of aromatic carboxylic acids is 1. The Labute approximate surface area is 182 Å². The van der Waals surface area contributed by atoms with Gasteiger partial charge in [0.2, 0.25) is 5.78 Å². The lowest BCUT2D eigenvalue weighted by molar-refractivity contribution is 0.0523. The minimum Gasteiger partial charge on any atom is -0.476 e. The van der Waals surface area contributed by atoms with Gasteiger partial charge in [-0.3, -0.25) is 4.40 Å². The molecule has 0 saturated heterocycles. The van der Waals surface area contributed by atoms with Crippen molar-refractivity contribution in [3.8, 4) is 11.3 Å². The summed E-state index contributed by atoms with van der Waals surface area (Å²) in [6.45, 7) is 7.13. The highest BCUT2D eigenvalue weighted by Crippen LogP contribution is 2.34. The molecule has 10 heteroatoms. The first-order chi connectivity index (χ1) is 14.0. The maximum atomic E-state index is 12.2. The molecule has 2 heterocycles. The zero-order valence-electron chi connectivity index (χ0n) is 16.8. The van der Waals surface area contributed by atoms with E-state index in [9.17, 15) is 14.7 Å². The van der Waals surface area contributed by atoms with E-state index in [0.29, 0.717) is 32.6 Å². The summed E-state index contributed by atoms with van der Waals surface area (Å²) in [7, 11) is 0. The number of hydrogen-bond acceptors (Lipinski definition) is 5. The van der Waals surface area contributed by atoms with Crippen LogP contribution >= 0.6 is 23.2 Å². The quantitative estimate of drug-likeness (QED) is 0.594. The zero-order chi connectivity index (χ0) is 22.2. The number of nitrogens with one attached hydrogen (secondary N) is 1. The highest BCUT2D eigenvalue weighted by molar-refractivity contribution is 6.36. The molecule has 30 heavy (non-hydrogen) atoms. The summed E-state index contributed by atoms with van der Waals surface area (Å²) in [6, 6.07) is 4.97. The van der Waals surface area contributed by atoms with E-state index < -0.39 is 17.7 Å². The van der Waals surface area contributed by atoms with Crippen LogP contribution in [0.1, 0.15) is 42.5 Å². The highest BCUT2D eigenvalue weighted by atomic mass is 35.5. The number of aryl methyl sites for hydroxylation is 1. The van der Waals surface area contributed by atoms with Gasteiger partial charge in [-0.25, -0.2) is 19.6 Å². The molecular weight excluding hydrogens is 431 g/mol. The number of carboxylic acid groups (broad SMARTS) is 1. The first kappa shape index (κ1) is 21.9. The molecule has 2 N–H and O–H groups in total. The molecule has 158 valence electrons. The third-order valence-corrected chi connectivity index (χ3v) is 4.68. The van der Waals surface area contributed by atoms with E-state index in [1.54, 1.807) is 45.9 Å². The largest absolute Gasteiger partial charge is 0.476 e. The van der Waals surface area contributed by atoms with Crippen LogP contribution in [0.25, 0.3) is 17.0 Å². The third kappa shape index (κ3) is 4.66. The second kappa shape index (κ2) is 8.12. The molecule has 0 atom stereocenters. The summed E-state index contributed by atoms with van der Waals surface area (Å²) >= 11 is 12.5. The molecule has 0 bridgehead atoms. The van der Waals surface area contributed by atoms with Gasteiger partial charge in [-0.05, 0) is 45.9 Å². The molecule has 8 nitrogen and oxygen atoms in total. The minimum atomic E-state index is -1.18. The molecule has 0 saturated carbocycles. The van der Waals surface area contributed by atoms with E-state index in [1.807, 2.05) is 0 Å². The van der Waals surface area contributed by atoms with Crippen LogP contribution < -0.4 is 5.32 Å². The van der Waals surface area contributed by atoms with Crippen molar-refractivity contribution in [2.75, 3.05) is 0 Å². The average Bonchev–Trinajstić information content (AvgIpc) is 3.02. The van der Waals surface area contributed by atoms with Crippen molar-refractivity contribution in [2.45, 2.75) is 39.8 Å². The minimum absolute atomic E-state index is 0.0819. The fourth-order valence-electron chi connectivity index (χ4n) is 2.91. The molecule has 1 aromatic carbocycles. The van der Waals surface area contributed by atoms with Crippen LogP contribution in [-0.2, 0) is 11.3 Å². The van der Waals surface area contributed by atoms with Crippen LogP contribution in [0.15, 0.2) is 24.4 Å². The Hall–Kier alpha value is -2.84. The van der Waals surface area contributed by atoms with Crippen molar-refractivity contribution in [1.29, 1.82) is 0 Å². The lowest BCUT2D eigenvalue weighted by Crippen LogP contribution is -2.32. The van der Waals surface area contributed by atoms with E-state index in [2.05, 4.69) is 15.3 Å². The molecule has 0 radical (unpaired) electrons. The lowest BCUT2D eigenvalue weighted by Gasteiger charge is -2.21. The number of fused-ring (bicyclic) bond motifs is 1. The van der Waals surface area contributed by atoms with Gasteiger partial charge in [0.25, 0.3) is 0 Å². The number of nitrogens with zero attached hydrogens (tertiary/aromatic N) is 3. The lowest BCUT2D eigenvalue weighted by atomic mass is 10.0. The summed E-state index contributed by atoms with van der Waals surface area (Å²) in [6.07, 6.45) is 0.772. The van der Waals surface area contributed by atoms with E-state index in [0.717, 1.165) is 0 Å². The number of carbonyl (C=O) groups is 2. The number of benzene rings is 1. The number of halogens is 2. The van der Waals surface area contributed by atoms with Gasteiger partial charge in [-0.15, -0.1) is 0 Å². The predicted octanol–water partition coefficient (Wildman–Crippen LogP) is 4.73. The van der Waals surface area contributed by atoms with Gasteiger partial charge in [-0.1, -0.05) is 23.2 Å². The first-order valence-electron chi connectivity index (χ1n) is 9.00. The number of rotatable bonds is 4. The van der Waals surface area contributed by atoms with Gasteiger partial charge in [0.1, 0.15) is 5.60 Å². The van der Waals surface area contributed by atoms with Crippen molar-refractivity contribution in [1.82, 2.24) is 19.7 Å². The average molecular weight is 451 g/mol. The fourth-order valence-corrected chi connectivity index (χ4v) is 3.41. The van der Waals surface area contributed by atoms with Crippen LogP contribution in [0, 0.1) is 6.92 Å². The van der Waals surface area contributed by atoms with Gasteiger partial charge in [0.05, 0.1) is 17.3 Å². The number of aromatic nitrogens is 3. The predicted molar refractivity (Wildman–Crippen MR) is 113 cm³/mol. The molecule has 3 aromatic rings. The molecule has 0 aliphatic heterocycles. The Morgan fingerprint density at radius 3 is 2.53 bits per heavy atom. The van der Waals surface area contributed by atoms with E-state index >= 15 is 0 Å². The van der Waals surface area contributed by atoms with Gasteiger partial charge in [0.15, 0.2) is 5.69 Å². The summed E-state index contributed by atoms with van der Waals surface area (Å²) in [5.41, 5.74) is 1.52. The normalized spacial score (nSPS) is 11.5. The van der Waals surface area contributed by atoms with E-state index in [-0.39, 0.29) is 18.0 Å². The highest BCUT2D eigenvalue weighted by Gasteiger charge is 2.22. The third-order valence-electron chi connectivity index (χ3n) is 4.13. The Balaban J connectivity index is 2.16. The van der Waals surface area contributed by atoms with Crippen molar-refractivity contribution < 1.29 is 19.4 Å². The summed E-state index contributed by atoms with van der Waals surface area (Å²) in [5.74, 6) is -0.980. The smallest absolute Gasteiger partial charge is 0.407 e. The van der Waals surface area contributed by atoms with Crippen LogP contribution in [0.2, 0.25) is 10.0 Å². The first-order valence-corrected chi connectivity index (χ1v) is 9.76. The molecule has 2 aromatic heterocycles. The molecular formula is C20H20Cl2N4O4. The fraction of sp³-hybridized carbons (Fsp3) is 0.300. The monoisotopic (exact) mass is 450 g/mol. The Morgan fingerprint density at radius 2 is 1.93 bits per heavy atom. The Morgan fingerprint density at radius 1 is 1.23 bits per heavy atom. The zero-order valence-corrected chi connectivity index (χ0v) is 18.3. The summed E-state index contributed by atoms with van der Waals surface area (Å²) < 4.78 is 6.84. The number of carboxylic acids is 1. The molecule has 3 rings (SSSR count). The molecule has 0 unspecified atom stereocenters. The number of ether oxygens (including phenoxy) is 1. The number of amides is 1.